The minimum Gasteiger partial charge on any atom is -0.366 e. The van der Waals surface area contributed by atoms with Crippen LogP contribution in [0.1, 0.15) is 11.4 Å². The molecule has 6 heteroatoms. The van der Waals surface area contributed by atoms with Gasteiger partial charge in [-0.25, -0.2) is 9.37 Å². The second-order valence-electron chi connectivity index (χ2n) is 7.49. The van der Waals surface area contributed by atoms with Crippen LogP contribution in [0.3, 0.4) is 0 Å². The summed E-state index contributed by atoms with van der Waals surface area (Å²) in [6, 6.07) is 16.2. The third kappa shape index (κ3) is 3.08. The minimum absolute atomic E-state index is 0.317. The van der Waals surface area contributed by atoms with Gasteiger partial charge in [-0.15, -0.1) is 0 Å². The summed E-state index contributed by atoms with van der Waals surface area (Å²) >= 11 is 0. The normalized spacial score (nSPS) is 20.5. The topological polar surface area (TPSA) is 46.1 Å². The molecule has 5 nitrogen and oxygen atoms in total. The van der Waals surface area contributed by atoms with Gasteiger partial charge in [-0.1, -0.05) is 30.3 Å². The van der Waals surface area contributed by atoms with E-state index in [1.54, 1.807) is 0 Å². The highest BCUT2D eigenvalue weighted by Crippen LogP contribution is 2.24. The smallest absolute Gasteiger partial charge is 0.140 e. The Kier molecular flexibility index (Phi) is 4.37. The fourth-order valence-corrected chi connectivity index (χ4v) is 4.10. The average Bonchev–Trinajstić information content (AvgIpc) is 3.37. The van der Waals surface area contributed by atoms with Crippen molar-refractivity contribution in [3.8, 4) is 0 Å². The molecule has 1 saturated heterocycles. The molecule has 4 aromatic rings. The number of ether oxygens (including phenoxy) is 1. The van der Waals surface area contributed by atoms with Gasteiger partial charge in [-0.05, 0) is 23.8 Å². The summed E-state index contributed by atoms with van der Waals surface area (Å²) in [6.07, 6.45) is 0.607. The molecule has 0 spiro atoms. The van der Waals surface area contributed by atoms with Crippen LogP contribution < -0.4 is 0 Å². The maximum Gasteiger partial charge on any atom is 0.140 e. The number of aryl methyl sites for hydroxylation is 1. The van der Waals surface area contributed by atoms with Gasteiger partial charge < -0.3 is 14.3 Å². The number of rotatable bonds is 5. The van der Waals surface area contributed by atoms with Gasteiger partial charge in [-0.3, -0.25) is 4.90 Å². The van der Waals surface area contributed by atoms with Crippen LogP contribution in [0.15, 0.2) is 54.7 Å². The van der Waals surface area contributed by atoms with Crippen molar-refractivity contribution < 1.29 is 9.13 Å². The number of hydrogen-bond donors (Lipinski definition) is 1. The summed E-state index contributed by atoms with van der Waals surface area (Å²) in [4.78, 5) is 10.0. The Morgan fingerprint density at radius 3 is 2.86 bits per heavy atom. The van der Waals surface area contributed by atoms with E-state index < -0.39 is 12.3 Å². The molecule has 1 fully saturated rings. The van der Waals surface area contributed by atoms with Crippen LogP contribution in [0.25, 0.3) is 21.9 Å². The molecular weight excluding hydrogens is 355 g/mol. The number of hydrogen-bond acceptors (Lipinski definition) is 3. The molecule has 1 aliphatic rings. The first-order valence-electron chi connectivity index (χ1n) is 9.62. The Hall–Kier alpha value is -2.70. The highest BCUT2D eigenvalue weighted by molar-refractivity contribution is 5.83. The Morgan fingerprint density at radius 1 is 1.14 bits per heavy atom. The summed E-state index contributed by atoms with van der Waals surface area (Å²) < 4.78 is 22.5. The van der Waals surface area contributed by atoms with Crippen LogP contribution in [0.4, 0.5) is 4.39 Å². The highest BCUT2D eigenvalue weighted by Gasteiger charge is 2.34. The molecule has 144 valence electrons. The number of nitrogens with one attached hydrogen (secondary N) is 1. The van der Waals surface area contributed by atoms with Gasteiger partial charge in [0, 0.05) is 43.8 Å². The Balaban J connectivity index is 1.25. The van der Waals surface area contributed by atoms with Crippen LogP contribution >= 0.6 is 0 Å². The first-order valence-corrected chi connectivity index (χ1v) is 9.62. The number of para-hydroxylation sites is 3. The van der Waals surface area contributed by atoms with E-state index in [-0.39, 0.29) is 0 Å². The lowest BCUT2D eigenvalue weighted by atomic mass is 10.2. The van der Waals surface area contributed by atoms with Crippen molar-refractivity contribution in [2.45, 2.75) is 25.4 Å². The zero-order valence-corrected chi connectivity index (χ0v) is 15.8. The maximum atomic E-state index is 14.6. The van der Waals surface area contributed by atoms with Crippen molar-refractivity contribution in [1.82, 2.24) is 19.4 Å². The van der Waals surface area contributed by atoms with E-state index in [0.29, 0.717) is 19.7 Å². The number of nitrogens with zero attached hydrogens (tertiary/aromatic N) is 3. The largest absolute Gasteiger partial charge is 0.366 e. The minimum atomic E-state index is -0.986. The molecule has 0 saturated carbocycles. The lowest BCUT2D eigenvalue weighted by Gasteiger charge is -2.15. The summed E-state index contributed by atoms with van der Waals surface area (Å²) in [5.74, 6) is 0.823. The monoisotopic (exact) mass is 378 g/mol. The zero-order chi connectivity index (χ0) is 19.1. The summed E-state index contributed by atoms with van der Waals surface area (Å²) in [7, 11) is 1.97. The van der Waals surface area contributed by atoms with Crippen molar-refractivity contribution in [3.05, 3.63) is 66.1 Å². The van der Waals surface area contributed by atoms with E-state index in [9.17, 15) is 4.39 Å². The predicted molar refractivity (Wildman–Crippen MR) is 108 cm³/mol. The number of fused-ring (bicyclic) bond motifs is 2. The first-order chi connectivity index (χ1) is 13.7. The molecule has 0 aliphatic carbocycles. The quantitative estimate of drug-likeness (QED) is 0.575. The molecule has 0 amide bonds. The SMILES string of the molecule is Cn1c(COC2CN(Cc3c[nH]c4ccccc34)CC2F)nc2ccccc21. The fourth-order valence-electron chi connectivity index (χ4n) is 4.10. The Labute approximate surface area is 162 Å². The molecule has 2 aromatic heterocycles. The molecule has 28 heavy (non-hydrogen) atoms. The number of benzene rings is 2. The van der Waals surface area contributed by atoms with Crippen molar-refractivity contribution >= 4 is 21.9 Å². The van der Waals surface area contributed by atoms with Crippen LogP contribution in [-0.2, 0) is 24.9 Å². The van der Waals surface area contributed by atoms with E-state index in [0.717, 1.165) is 28.9 Å². The van der Waals surface area contributed by atoms with Gasteiger partial charge >= 0.3 is 0 Å². The van der Waals surface area contributed by atoms with Crippen LogP contribution in [0, 0.1) is 0 Å². The van der Waals surface area contributed by atoms with E-state index in [1.165, 1.54) is 10.9 Å². The number of H-pyrrole nitrogens is 1. The number of aromatic amines is 1. The third-order valence-electron chi connectivity index (χ3n) is 5.65. The van der Waals surface area contributed by atoms with Crippen LogP contribution in [0.5, 0.6) is 0 Å². The predicted octanol–water partition coefficient (Wildman–Crippen LogP) is 3.79. The lowest BCUT2D eigenvalue weighted by Crippen LogP contribution is -2.25. The second-order valence-corrected chi connectivity index (χ2v) is 7.49. The van der Waals surface area contributed by atoms with Crippen LogP contribution in [-0.4, -0.2) is 44.8 Å². The Morgan fingerprint density at radius 2 is 1.96 bits per heavy atom. The van der Waals surface area contributed by atoms with Crippen LogP contribution in [0.2, 0.25) is 0 Å². The summed E-state index contributed by atoms with van der Waals surface area (Å²) in [5, 5.41) is 1.20. The van der Waals surface area contributed by atoms with E-state index in [2.05, 4.69) is 27.0 Å². The maximum absolute atomic E-state index is 14.6. The molecule has 2 atom stereocenters. The van der Waals surface area contributed by atoms with E-state index in [1.807, 2.05) is 54.2 Å². The molecule has 0 radical (unpaired) electrons. The van der Waals surface area contributed by atoms with Crippen molar-refractivity contribution in [2.75, 3.05) is 13.1 Å². The van der Waals surface area contributed by atoms with Gasteiger partial charge in [0.25, 0.3) is 0 Å². The molecular formula is C22H23FN4O. The summed E-state index contributed by atoms with van der Waals surface area (Å²) in [5.41, 5.74) is 4.31. The number of halogens is 1. The highest BCUT2D eigenvalue weighted by atomic mass is 19.1. The number of alkyl halides is 1. The van der Waals surface area contributed by atoms with Gasteiger partial charge in [0.15, 0.2) is 0 Å². The second kappa shape index (κ2) is 7.04. The number of aromatic nitrogens is 3. The first kappa shape index (κ1) is 17.4. The molecule has 0 bridgehead atoms. The third-order valence-corrected chi connectivity index (χ3v) is 5.65. The van der Waals surface area contributed by atoms with Gasteiger partial charge in [0.2, 0.25) is 0 Å². The number of imidazole rings is 1. The van der Waals surface area contributed by atoms with E-state index >= 15 is 0 Å². The van der Waals surface area contributed by atoms with Crippen molar-refractivity contribution in [3.63, 3.8) is 0 Å². The van der Waals surface area contributed by atoms with Crippen molar-refractivity contribution in [1.29, 1.82) is 0 Å². The fraction of sp³-hybridized carbons (Fsp3) is 0.318. The number of likely N-dealkylation sites (tertiary alicyclic amines) is 1. The van der Waals surface area contributed by atoms with Gasteiger partial charge in [-0.2, -0.15) is 0 Å². The molecule has 1 aliphatic heterocycles. The molecule has 5 rings (SSSR count). The van der Waals surface area contributed by atoms with E-state index in [4.69, 9.17) is 4.74 Å². The van der Waals surface area contributed by atoms with Gasteiger partial charge in [0.1, 0.15) is 24.7 Å². The molecule has 1 N–H and O–H groups in total. The lowest BCUT2D eigenvalue weighted by molar-refractivity contribution is 0.00750. The zero-order valence-electron chi connectivity index (χ0n) is 15.8. The molecule has 3 heterocycles. The average molecular weight is 378 g/mol. The standard InChI is InChI=1S/C22H23FN4O/c1-26-20-9-5-4-8-19(20)25-22(26)14-28-21-13-27(12-17(21)23)11-15-10-24-18-7-3-2-6-16(15)18/h2-10,17,21,24H,11-14H2,1H3. The van der Waals surface area contributed by atoms with Gasteiger partial charge in [0.05, 0.1) is 11.0 Å². The summed E-state index contributed by atoms with van der Waals surface area (Å²) in [6.45, 7) is 2.02. The van der Waals surface area contributed by atoms with Crippen molar-refractivity contribution in [2.24, 2.45) is 7.05 Å². The Bertz CT molecular complexity index is 1120. The molecule has 2 aromatic carbocycles. The molecule has 2 unspecified atom stereocenters.